The maximum absolute atomic E-state index is 12.9. The molecule has 1 fully saturated rings. The molecule has 30 heavy (non-hydrogen) atoms. The molecule has 1 N–H and O–H groups in total. The molecule has 1 aromatic carbocycles. The van der Waals surface area contributed by atoms with Gasteiger partial charge in [-0.3, -0.25) is 4.79 Å². The van der Waals surface area contributed by atoms with Crippen LogP contribution in [0.4, 0.5) is 5.69 Å². The molecule has 11 heteroatoms. The van der Waals surface area contributed by atoms with E-state index < -0.39 is 10.0 Å². The highest BCUT2D eigenvalue weighted by Gasteiger charge is 2.31. The first kappa shape index (κ1) is 22.7. The van der Waals surface area contributed by atoms with E-state index in [0.717, 1.165) is 6.42 Å². The lowest BCUT2D eigenvalue weighted by Crippen LogP contribution is -2.42. The van der Waals surface area contributed by atoms with Crippen LogP contribution >= 0.6 is 11.8 Å². The van der Waals surface area contributed by atoms with Gasteiger partial charge in [-0.1, -0.05) is 25.6 Å². The van der Waals surface area contributed by atoms with E-state index in [0.29, 0.717) is 35.8 Å². The molecule has 1 amide bonds. The van der Waals surface area contributed by atoms with Crippen molar-refractivity contribution in [2.45, 2.75) is 50.2 Å². The van der Waals surface area contributed by atoms with Crippen LogP contribution in [0.15, 0.2) is 34.3 Å². The molecule has 164 valence electrons. The lowest BCUT2D eigenvalue weighted by Gasteiger charge is -2.34. The summed E-state index contributed by atoms with van der Waals surface area (Å²) < 4.78 is 29.1. The number of piperidine rings is 1. The van der Waals surface area contributed by atoms with Gasteiger partial charge in [0.25, 0.3) is 0 Å². The number of benzene rings is 1. The Hall–Kier alpha value is -1.98. The number of hydrogen-bond donors (Lipinski definition) is 1. The third kappa shape index (κ3) is 5.38. The van der Waals surface area contributed by atoms with Gasteiger partial charge < -0.3 is 5.32 Å². The van der Waals surface area contributed by atoms with Gasteiger partial charge in [0.05, 0.1) is 16.7 Å². The number of rotatable bonds is 7. The third-order valence-electron chi connectivity index (χ3n) is 4.90. The normalized spacial score (nSPS) is 20.4. The van der Waals surface area contributed by atoms with Crippen molar-refractivity contribution >= 4 is 33.4 Å². The van der Waals surface area contributed by atoms with Crippen LogP contribution in [-0.4, -0.2) is 57.7 Å². The number of carbonyl (C=O) groups is 1. The first-order valence-corrected chi connectivity index (χ1v) is 12.4. The van der Waals surface area contributed by atoms with Crippen molar-refractivity contribution in [1.82, 2.24) is 24.5 Å². The summed E-state index contributed by atoms with van der Waals surface area (Å²) >= 11 is 1.25. The number of nitrogens with one attached hydrogen (secondary N) is 1. The molecule has 9 nitrogen and oxygen atoms in total. The zero-order valence-electron chi connectivity index (χ0n) is 17.6. The zero-order valence-corrected chi connectivity index (χ0v) is 19.3. The molecule has 0 radical (unpaired) electrons. The fourth-order valence-corrected chi connectivity index (χ4v) is 6.08. The first-order chi connectivity index (χ1) is 14.2. The summed E-state index contributed by atoms with van der Waals surface area (Å²) in [5.74, 6) is 0.622. The van der Waals surface area contributed by atoms with E-state index in [9.17, 15) is 13.2 Å². The Morgan fingerprint density at radius 3 is 2.43 bits per heavy atom. The number of tetrazole rings is 1. The Morgan fingerprint density at radius 1 is 1.20 bits per heavy atom. The Bertz CT molecular complexity index is 964. The van der Waals surface area contributed by atoms with Crippen molar-refractivity contribution in [1.29, 1.82) is 0 Å². The van der Waals surface area contributed by atoms with Gasteiger partial charge in [-0.25, -0.2) is 13.1 Å². The fraction of sp³-hybridized carbons (Fsp3) is 0.579. The minimum atomic E-state index is -3.53. The molecule has 1 aliphatic rings. The summed E-state index contributed by atoms with van der Waals surface area (Å²) in [4.78, 5) is 12.5. The van der Waals surface area contributed by atoms with Crippen molar-refractivity contribution in [3.05, 3.63) is 24.3 Å². The van der Waals surface area contributed by atoms with Gasteiger partial charge in [0.15, 0.2) is 0 Å². The predicted molar refractivity (Wildman–Crippen MR) is 116 cm³/mol. The number of carbonyl (C=O) groups excluding carboxylic acids is 1. The van der Waals surface area contributed by atoms with Crippen molar-refractivity contribution in [3.63, 3.8) is 0 Å². The largest absolute Gasteiger partial charge is 0.325 e. The molecule has 2 unspecified atom stereocenters. The van der Waals surface area contributed by atoms with E-state index in [4.69, 9.17) is 0 Å². The molecule has 2 heterocycles. The van der Waals surface area contributed by atoms with E-state index in [1.165, 1.54) is 11.8 Å². The molecule has 1 aliphatic heterocycles. The van der Waals surface area contributed by atoms with Crippen molar-refractivity contribution in [2.75, 3.05) is 24.2 Å². The van der Waals surface area contributed by atoms with Gasteiger partial charge in [0.1, 0.15) is 0 Å². The number of anilines is 1. The van der Waals surface area contributed by atoms with Crippen LogP contribution in [0.25, 0.3) is 0 Å². The Balaban J connectivity index is 1.60. The maximum Gasteiger partial charge on any atom is 0.243 e. The van der Waals surface area contributed by atoms with Gasteiger partial charge >= 0.3 is 0 Å². The van der Waals surface area contributed by atoms with Gasteiger partial charge in [-0.15, -0.1) is 5.10 Å². The van der Waals surface area contributed by atoms with Gasteiger partial charge in [-0.05, 0) is 66.8 Å². The fourth-order valence-electron chi connectivity index (χ4n) is 3.59. The monoisotopic (exact) mass is 452 g/mol. The molecule has 0 bridgehead atoms. The topological polar surface area (TPSA) is 110 Å². The van der Waals surface area contributed by atoms with E-state index in [1.54, 1.807) is 33.3 Å². The van der Waals surface area contributed by atoms with E-state index in [1.807, 2.05) is 13.8 Å². The van der Waals surface area contributed by atoms with Crippen molar-refractivity contribution in [2.24, 2.45) is 11.8 Å². The molecule has 0 aliphatic carbocycles. The van der Waals surface area contributed by atoms with Gasteiger partial charge in [0, 0.05) is 18.8 Å². The Kier molecular flexibility index (Phi) is 7.14. The van der Waals surface area contributed by atoms with E-state index in [2.05, 4.69) is 34.7 Å². The number of aromatic nitrogens is 4. The van der Waals surface area contributed by atoms with Crippen LogP contribution in [0.3, 0.4) is 0 Å². The quantitative estimate of drug-likeness (QED) is 0.643. The minimum absolute atomic E-state index is 0.103. The summed E-state index contributed by atoms with van der Waals surface area (Å²) in [6.45, 7) is 9.15. The molecule has 1 aromatic heterocycles. The van der Waals surface area contributed by atoms with Crippen LogP contribution in [0.2, 0.25) is 0 Å². The highest BCUT2D eigenvalue weighted by atomic mass is 32.2. The Morgan fingerprint density at radius 2 is 1.83 bits per heavy atom. The molecular weight excluding hydrogens is 424 g/mol. The number of nitrogens with zero attached hydrogens (tertiary/aromatic N) is 5. The second-order valence-electron chi connectivity index (χ2n) is 8.13. The second kappa shape index (κ2) is 9.44. The van der Waals surface area contributed by atoms with Crippen LogP contribution in [0.5, 0.6) is 0 Å². The van der Waals surface area contributed by atoms with Crippen LogP contribution in [-0.2, 0) is 14.8 Å². The second-order valence-corrected chi connectivity index (χ2v) is 11.0. The lowest BCUT2D eigenvalue weighted by molar-refractivity contribution is -0.113. The highest BCUT2D eigenvalue weighted by Crippen LogP contribution is 2.27. The molecule has 3 rings (SSSR count). The molecular formula is C19H28N6O3S2. The summed E-state index contributed by atoms with van der Waals surface area (Å²) in [5.41, 5.74) is 0.545. The first-order valence-electron chi connectivity index (χ1n) is 9.97. The number of sulfonamides is 1. The number of thioether (sulfide) groups is 1. The van der Waals surface area contributed by atoms with Crippen molar-refractivity contribution < 1.29 is 13.2 Å². The van der Waals surface area contributed by atoms with E-state index >= 15 is 0 Å². The van der Waals surface area contributed by atoms with Crippen LogP contribution < -0.4 is 5.32 Å². The zero-order chi connectivity index (χ0) is 21.9. The van der Waals surface area contributed by atoms with Crippen LogP contribution in [0.1, 0.15) is 40.2 Å². The number of hydrogen-bond acceptors (Lipinski definition) is 7. The highest BCUT2D eigenvalue weighted by molar-refractivity contribution is 7.99. The Labute approximate surface area is 181 Å². The number of amides is 1. The third-order valence-corrected chi connectivity index (χ3v) is 7.67. The summed E-state index contributed by atoms with van der Waals surface area (Å²) in [6, 6.07) is 6.42. The molecule has 2 atom stereocenters. The lowest BCUT2D eigenvalue weighted by atomic mass is 9.94. The molecule has 0 spiro atoms. The van der Waals surface area contributed by atoms with Crippen LogP contribution in [0, 0.1) is 11.8 Å². The summed E-state index contributed by atoms with van der Waals surface area (Å²) in [7, 11) is -3.53. The average Bonchev–Trinajstić information content (AvgIpc) is 3.15. The predicted octanol–water partition coefficient (Wildman–Crippen LogP) is 2.65. The smallest absolute Gasteiger partial charge is 0.243 e. The standard InChI is InChI=1S/C19H28N6O3S2/c1-13(2)25-19(21-22-23-25)29-12-18(26)20-16-5-7-17(8-6-16)30(27,28)24-10-14(3)9-15(4)11-24/h5-8,13-15H,9-12H2,1-4H3,(H,20,26). The van der Waals surface area contributed by atoms with E-state index in [-0.39, 0.29) is 22.6 Å². The average molecular weight is 453 g/mol. The summed E-state index contributed by atoms with van der Waals surface area (Å²) in [6.07, 6.45) is 1.04. The van der Waals surface area contributed by atoms with Gasteiger partial charge in [-0.2, -0.15) is 4.31 Å². The minimum Gasteiger partial charge on any atom is -0.325 e. The maximum atomic E-state index is 12.9. The van der Waals surface area contributed by atoms with Crippen molar-refractivity contribution in [3.8, 4) is 0 Å². The summed E-state index contributed by atoms with van der Waals surface area (Å²) in [5, 5.41) is 14.8. The molecule has 2 aromatic rings. The SMILES string of the molecule is CC1CC(C)CN(S(=O)(=O)c2ccc(NC(=O)CSc3nnnn3C(C)C)cc2)C1. The molecule has 0 saturated carbocycles. The molecule has 1 saturated heterocycles. The van der Waals surface area contributed by atoms with Gasteiger partial charge in [0.2, 0.25) is 21.1 Å².